The molecule has 11 heteroatoms. The van der Waals surface area contributed by atoms with E-state index < -0.39 is 58.2 Å². The van der Waals surface area contributed by atoms with E-state index in [0.717, 1.165) is 12.1 Å². The molecule has 0 saturated heterocycles. The van der Waals surface area contributed by atoms with Crippen molar-refractivity contribution in [3.05, 3.63) is 58.6 Å². The zero-order chi connectivity index (χ0) is 25.6. The molecule has 1 saturated carbocycles. The average Bonchev–Trinajstić information content (AvgIpc) is 2.80. The van der Waals surface area contributed by atoms with Crippen LogP contribution in [0.4, 0.5) is 8.78 Å². The van der Waals surface area contributed by atoms with Crippen molar-refractivity contribution in [1.29, 1.82) is 0 Å². The highest BCUT2D eigenvalue weighted by Gasteiger charge is 2.67. The van der Waals surface area contributed by atoms with E-state index in [1.807, 2.05) is 0 Å². The molecule has 0 amide bonds. The van der Waals surface area contributed by atoms with Gasteiger partial charge >= 0.3 is 0 Å². The fraction of sp³-hybridized carbons (Fsp3) is 0.500. The molecular formula is C24H27ClF2O6S2. The summed E-state index contributed by atoms with van der Waals surface area (Å²) in [5.74, 6) is -2.61. The molecule has 2 aromatic rings. The van der Waals surface area contributed by atoms with Crippen molar-refractivity contribution in [2.75, 3.05) is 19.0 Å². The van der Waals surface area contributed by atoms with Crippen LogP contribution in [0, 0.1) is 11.6 Å². The number of rotatable bonds is 7. The van der Waals surface area contributed by atoms with E-state index in [-0.39, 0.29) is 36.7 Å². The summed E-state index contributed by atoms with van der Waals surface area (Å²) in [5.41, 5.74) is -2.04. The molecule has 4 rings (SSSR count). The zero-order valence-corrected chi connectivity index (χ0v) is 21.8. The second kappa shape index (κ2) is 9.28. The van der Waals surface area contributed by atoms with Crippen molar-refractivity contribution in [2.45, 2.75) is 60.0 Å². The van der Waals surface area contributed by atoms with Crippen molar-refractivity contribution >= 4 is 31.3 Å². The molecule has 0 unspecified atom stereocenters. The molecule has 0 bridgehead atoms. The van der Waals surface area contributed by atoms with Gasteiger partial charge in [0.05, 0.1) is 28.1 Å². The van der Waals surface area contributed by atoms with Crippen LogP contribution in [0.3, 0.4) is 0 Å². The van der Waals surface area contributed by atoms with Crippen molar-refractivity contribution in [3.8, 4) is 5.75 Å². The summed E-state index contributed by atoms with van der Waals surface area (Å²) >= 11 is 5.97. The molecule has 0 aromatic heterocycles. The van der Waals surface area contributed by atoms with Gasteiger partial charge in [0.2, 0.25) is 0 Å². The highest BCUT2D eigenvalue weighted by molar-refractivity contribution is 7.92. The maximum atomic E-state index is 15.5. The topological polar surface area (TPSA) is 86.7 Å². The van der Waals surface area contributed by atoms with Crippen LogP contribution < -0.4 is 4.74 Å². The third kappa shape index (κ3) is 4.16. The molecule has 2 atom stereocenters. The lowest BCUT2D eigenvalue weighted by Crippen LogP contribution is -2.65. The molecular weight excluding hydrogens is 522 g/mol. The van der Waals surface area contributed by atoms with Crippen LogP contribution in [0.2, 0.25) is 5.02 Å². The molecule has 1 fully saturated rings. The first-order valence-electron chi connectivity index (χ1n) is 11.3. The Balaban J connectivity index is 1.94. The third-order valence-electron chi connectivity index (χ3n) is 7.05. The van der Waals surface area contributed by atoms with Crippen molar-refractivity contribution < 1.29 is 35.1 Å². The van der Waals surface area contributed by atoms with Gasteiger partial charge in [-0.15, -0.1) is 0 Å². The van der Waals surface area contributed by atoms with Gasteiger partial charge in [-0.1, -0.05) is 24.4 Å². The fourth-order valence-electron chi connectivity index (χ4n) is 5.14. The van der Waals surface area contributed by atoms with Gasteiger partial charge in [0.25, 0.3) is 0 Å². The Morgan fingerprint density at radius 3 is 2.29 bits per heavy atom. The van der Waals surface area contributed by atoms with Gasteiger partial charge in [0, 0.05) is 5.02 Å². The summed E-state index contributed by atoms with van der Waals surface area (Å²) in [6.45, 7) is 2.41. The predicted molar refractivity (Wildman–Crippen MR) is 128 cm³/mol. The Hall–Kier alpha value is -1.75. The Morgan fingerprint density at radius 1 is 1.00 bits per heavy atom. The summed E-state index contributed by atoms with van der Waals surface area (Å²) in [4.78, 5) is -0.122. The first kappa shape index (κ1) is 26.3. The molecule has 0 spiro atoms. The van der Waals surface area contributed by atoms with Crippen LogP contribution in [0.5, 0.6) is 5.75 Å². The summed E-state index contributed by atoms with van der Waals surface area (Å²) in [7, 11) is -7.91. The minimum Gasteiger partial charge on any atom is -0.487 e. The third-order valence-corrected chi connectivity index (χ3v) is 12.1. The molecule has 1 heterocycles. The second-order valence-corrected chi connectivity index (χ2v) is 14.6. The molecule has 1 aliphatic carbocycles. The Labute approximate surface area is 209 Å². The number of halogens is 3. The number of benzene rings is 2. The molecule has 2 aromatic carbocycles. The number of ether oxygens (including phenoxy) is 2. The van der Waals surface area contributed by atoms with Crippen molar-refractivity contribution in [3.63, 3.8) is 0 Å². The number of sulfone groups is 2. The molecule has 6 nitrogen and oxygen atoms in total. The van der Waals surface area contributed by atoms with E-state index in [2.05, 4.69) is 0 Å². The molecule has 0 radical (unpaired) electrons. The van der Waals surface area contributed by atoms with Gasteiger partial charge in [-0.2, -0.15) is 0 Å². The summed E-state index contributed by atoms with van der Waals surface area (Å²) in [6.07, 6.45) is 1.07. The molecule has 2 aliphatic rings. The van der Waals surface area contributed by atoms with Crippen LogP contribution in [-0.4, -0.2) is 46.7 Å². The second-order valence-electron chi connectivity index (χ2n) is 9.27. The van der Waals surface area contributed by atoms with E-state index in [1.54, 1.807) is 13.8 Å². The molecule has 35 heavy (non-hydrogen) atoms. The Bertz CT molecular complexity index is 1330. The lowest BCUT2D eigenvalue weighted by atomic mass is 9.69. The lowest BCUT2D eigenvalue weighted by molar-refractivity contribution is -0.128. The SMILES string of the molecule is CC(C)S(=O)(=O)CCO[C@]12CCCC[C@@]1(S(=O)(=O)c1ccc(Cl)cc1)c1c(F)ccc(F)c1OC2. The van der Waals surface area contributed by atoms with E-state index in [9.17, 15) is 21.2 Å². The quantitative estimate of drug-likeness (QED) is 0.492. The highest BCUT2D eigenvalue weighted by Crippen LogP contribution is 2.59. The van der Waals surface area contributed by atoms with Crippen LogP contribution in [0.15, 0.2) is 41.3 Å². The van der Waals surface area contributed by atoms with Crippen LogP contribution in [0.25, 0.3) is 0 Å². The highest BCUT2D eigenvalue weighted by atomic mass is 35.5. The smallest absolute Gasteiger partial charge is 0.191 e. The minimum atomic E-state index is -4.41. The normalized spacial score (nSPS) is 24.5. The van der Waals surface area contributed by atoms with E-state index >= 15 is 4.39 Å². The molecule has 1 aliphatic heterocycles. The average molecular weight is 549 g/mol. The van der Waals surface area contributed by atoms with Crippen LogP contribution >= 0.6 is 11.6 Å². The number of hydrogen-bond donors (Lipinski definition) is 0. The summed E-state index contributed by atoms with van der Waals surface area (Å²) in [5, 5.41) is -0.330. The van der Waals surface area contributed by atoms with Gasteiger partial charge in [-0.3, -0.25) is 0 Å². The maximum Gasteiger partial charge on any atom is 0.191 e. The van der Waals surface area contributed by atoms with Crippen molar-refractivity contribution in [1.82, 2.24) is 0 Å². The van der Waals surface area contributed by atoms with Crippen LogP contribution in [-0.2, 0) is 29.2 Å². The Kier molecular flexibility index (Phi) is 6.98. The monoisotopic (exact) mass is 548 g/mol. The van der Waals surface area contributed by atoms with E-state index in [0.29, 0.717) is 17.9 Å². The van der Waals surface area contributed by atoms with E-state index in [4.69, 9.17) is 21.1 Å². The van der Waals surface area contributed by atoms with Gasteiger partial charge in [-0.25, -0.2) is 25.6 Å². The largest absolute Gasteiger partial charge is 0.487 e. The van der Waals surface area contributed by atoms with Gasteiger partial charge in [0.15, 0.2) is 31.2 Å². The first-order chi connectivity index (χ1) is 16.4. The van der Waals surface area contributed by atoms with Gasteiger partial charge in [-0.05, 0) is 63.1 Å². The van der Waals surface area contributed by atoms with Gasteiger partial charge < -0.3 is 9.47 Å². The Morgan fingerprint density at radius 2 is 1.63 bits per heavy atom. The summed E-state index contributed by atoms with van der Waals surface area (Å²) < 4.78 is 93.6. The zero-order valence-electron chi connectivity index (χ0n) is 19.4. The predicted octanol–water partition coefficient (Wildman–Crippen LogP) is 4.83. The van der Waals surface area contributed by atoms with Crippen LogP contribution in [0.1, 0.15) is 45.1 Å². The van der Waals surface area contributed by atoms with Crippen molar-refractivity contribution in [2.24, 2.45) is 0 Å². The van der Waals surface area contributed by atoms with Gasteiger partial charge in [0.1, 0.15) is 22.8 Å². The summed E-state index contributed by atoms with van der Waals surface area (Å²) in [6, 6.07) is 7.23. The first-order valence-corrected chi connectivity index (χ1v) is 14.9. The standard InChI is InChI=1S/C24H27ClF2O6S2/c1-16(2)34(28,29)14-13-33-23-11-3-4-12-24(23,35(30,31)18-7-5-17(25)6-8-18)21-19(26)9-10-20(27)22(21)32-15-23/h5-10,16H,3-4,11-15H2,1-2H3/t23-,24+/m0/s1. The lowest BCUT2D eigenvalue weighted by Gasteiger charge is -2.54. The number of hydrogen-bond acceptors (Lipinski definition) is 6. The molecule has 0 N–H and O–H groups in total. The maximum absolute atomic E-state index is 15.5. The minimum absolute atomic E-state index is 0.0500. The van der Waals surface area contributed by atoms with E-state index in [1.165, 1.54) is 24.3 Å². The number of fused-ring (bicyclic) bond motifs is 3. The fourth-order valence-corrected chi connectivity index (χ4v) is 8.53. The molecule has 192 valence electrons.